The number of aromatic nitrogens is 2. The van der Waals surface area contributed by atoms with Gasteiger partial charge in [-0.05, 0) is 63.6 Å². The fourth-order valence-corrected chi connectivity index (χ4v) is 3.13. The predicted octanol–water partition coefficient (Wildman–Crippen LogP) is 3.97. The van der Waals surface area contributed by atoms with Crippen LogP contribution in [0.3, 0.4) is 0 Å². The number of rotatable bonds is 5. The summed E-state index contributed by atoms with van der Waals surface area (Å²) in [4.78, 5) is 28.7. The van der Waals surface area contributed by atoms with Gasteiger partial charge < -0.3 is 19.6 Å². The van der Waals surface area contributed by atoms with Gasteiger partial charge in [0.1, 0.15) is 23.1 Å². The Balaban J connectivity index is 2.03. The number of aryl methyl sites for hydroxylation is 1. The van der Waals surface area contributed by atoms with Crippen LogP contribution in [0.2, 0.25) is 0 Å². The highest BCUT2D eigenvalue weighted by Gasteiger charge is 2.27. The molecule has 8 heteroatoms. The molecule has 0 radical (unpaired) electrons. The number of carboxylic acid groups (broad SMARTS) is 1. The van der Waals surface area contributed by atoms with Gasteiger partial charge in [0.25, 0.3) is 0 Å². The Bertz CT molecular complexity index is 1080. The number of pyridine rings is 1. The van der Waals surface area contributed by atoms with Gasteiger partial charge >= 0.3 is 12.1 Å². The molecule has 1 unspecified atom stereocenters. The van der Waals surface area contributed by atoms with Crippen LogP contribution in [0.15, 0.2) is 42.6 Å². The van der Waals surface area contributed by atoms with Crippen molar-refractivity contribution in [1.29, 1.82) is 0 Å². The largest absolute Gasteiger partial charge is 0.480 e. The van der Waals surface area contributed by atoms with Crippen molar-refractivity contribution in [2.45, 2.75) is 45.8 Å². The van der Waals surface area contributed by atoms with Crippen molar-refractivity contribution in [1.82, 2.24) is 14.7 Å². The Morgan fingerprint density at radius 3 is 2.50 bits per heavy atom. The van der Waals surface area contributed by atoms with E-state index in [2.05, 4.69) is 10.3 Å². The number of imidazole rings is 1. The molecule has 3 aromatic rings. The van der Waals surface area contributed by atoms with Crippen LogP contribution in [0.4, 0.5) is 9.18 Å². The Kier molecular flexibility index (Phi) is 5.78. The molecule has 0 fully saturated rings. The number of ether oxygens (including phenoxy) is 1. The van der Waals surface area contributed by atoms with Crippen LogP contribution in [-0.2, 0) is 16.0 Å². The first-order chi connectivity index (χ1) is 14.0. The van der Waals surface area contributed by atoms with Gasteiger partial charge in [-0.3, -0.25) is 0 Å². The van der Waals surface area contributed by atoms with Crippen molar-refractivity contribution in [2.24, 2.45) is 0 Å². The van der Waals surface area contributed by atoms with E-state index in [1.165, 1.54) is 12.1 Å². The highest BCUT2D eigenvalue weighted by molar-refractivity contribution is 5.81. The van der Waals surface area contributed by atoms with Crippen molar-refractivity contribution in [3.63, 3.8) is 0 Å². The van der Waals surface area contributed by atoms with E-state index in [1.807, 2.05) is 19.1 Å². The number of alkyl carbamates (subject to hydrolysis) is 1. The third-order valence-electron chi connectivity index (χ3n) is 4.45. The molecule has 0 bridgehead atoms. The first kappa shape index (κ1) is 21.3. The molecule has 1 atom stereocenters. The molecule has 1 amide bonds. The fraction of sp³-hybridized carbons (Fsp3) is 0.318. The minimum Gasteiger partial charge on any atom is -0.480 e. The molecule has 30 heavy (non-hydrogen) atoms. The zero-order chi connectivity index (χ0) is 22.1. The van der Waals surface area contributed by atoms with E-state index in [4.69, 9.17) is 4.74 Å². The number of amides is 1. The third-order valence-corrected chi connectivity index (χ3v) is 4.45. The summed E-state index contributed by atoms with van der Waals surface area (Å²) in [5.74, 6) is -1.58. The fourth-order valence-electron chi connectivity index (χ4n) is 3.13. The molecular weight excluding hydrogens is 389 g/mol. The van der Waals surface area contributed by atoms with Gasteiger partial charge in [-0.25, -0.2) is 19.0 Å². The molecule has 2 N–H and O–H groups in total. The van der Waals surface area contributed by atoms with E-state index in [0.29, 0.717) is 22.6 Å². The second-order valence-electron chi connectivity index (χ2n) is 8.04. The highest BCUT2D eigenvalue weighted by Crippen LogP contribution is 2.27. The first-order valence-electron chi connectivity index (χ1n) is 9.50. The van der Waals surface area contributed by atoms with Crippen LogP contribution in [0.25, 0.3) is 16.9 Å². The molecule has 0 saturated heterocycles. The summed E-state index contributed by atoms with van der Waals surface area (Å²) in [6.45, 7) is 6.99. The zero-order valence-electron chi connectivity index (χ0n) is 17.3. The number of halogens is 1. The SMILES string of the molecule is Cc1cccn2c(CC(NC(=O)OC(C)(C)C)C(=O)O)c(-c3ccc(F)cc3)nc12. The Labute approximate surface area is 173 Å². The molecule has 0 aliphatic heterocycles. The average molecular weight is 413 g/mol. The predicted molar refractivity (Wildman–Crippen MR) is 110 cm³/mol. The molecule has 7 nitrogen and oxygen atoms in total. The van der Waals surface area contributed by atoms with Crippen LogP contribution in [0.1, 0.15) is 32.0 Å². The number of nitrogens with zero attached hydrogens (tertiary/aromatic N) is 2. The number of nitrogens with one attached hydrogen (secondary N) is 1. The first-order valence-corrected chi connectivity index (χ1v) is 9.50. The van der Waals surface area contributed by atoms with E-state index in [0.717, 1.165) is 5.56 Å². The summed E-state index contributed by atoms with van der Waals surface area (Å²) in [6.07, 6.45) is 0.930. The molecule has 0 aliphatic carbocycles. The lowest BCUT2D eigenvalue weighted by atomic mass is 10.0. The van der Waals surface area contributed by atoms with Crippen LogP contribution in [-0.4, -0.2) is 38.2 Å². The number of hydrogen-bond donors (Lipinski definition) is 2. The van der Waals surface area contributed by atoms with Gasteiger partial charge in [0, 0.05) is 18.2 Å². The minimum atomic E-state index is -1.24. The number of carboxylic acids is 1. The smallest absolute Gasteiger partial charge is 0.408 e. The van der Waals surface area contributed by atoms with E-state index >= 15 is 0 Å². The number of carbonyl (C=O) groups excluding carboxylic acids is 1. The molecule has 1 aromatic carbocycles. The molecule has 0 aliphatic rings. The quantitative estimate of drug-likeness (QED) is 0.660. The van der Waals surface area contributed by atoms with Crippen LogP contribution in [0, 0.1) is 12.7 Å². The summed E-state index contributed by atoms with van der Waals surface area (Å²) >= 11 is 0. The average Bonchev–Trinajstić information content (AvgIpc) is 3.00. The van der Waals surface area contributed by atoms with Gasteiger partial charge in [0.2, 0.25) is 0 Å². The lowest BCUT2D eigenvalue weighted by molar-refractivity contribution is -0.139. The van der Waals surface area contributed by atoms with Crippen molar-refractivity contribution in [3.05, 3.63) is 59.7 Å². The summed E-state index contributed by atoms with van der Waals surface area (Å²) in [7, 11) is 0. The normalized spacial score (nSPS) is 12.6. The van der Waals surface area contributed by atoms with Gasteiger partial charge in [0.05, 0.1) is 11.4 Å². The lowest BCUT2D eigenvalue weighted by Gasteiger charge is -2.22. The van der Waals surface area contributed by atoms with Crippen LogP contribution < -0.4 is 5.32 Å². The van der Waals surface area contributed by atoms with E-state index < -0.39 is 23.7 Å². The van der Waals surface area contributed by atoms with Gasteiger partial charge in [-0.15, -0.1) is 0 Å². The molecular formula is C22H24FN3O4. The van der Waals surface area contributed by atoms with Gasteiger partial charge in [0.15, 0.2) is 0 Å². The highest BCUT2D eigenvalue weighted by atomic mass is 19.1. The molecule has 3 rings (SSSR count). The second-order valence-corrected chi connectivity index (χ2v) is 8.04. The zero-order valence-corrected chi connectivity index (χ0v) is 17.3. The van der Waals surface area contributed by atoms with Crippen molar-refractivity contribution in [2.75, 3.05) is 0 Å². The van der Waals surface area contributed by atoms with Gasteiger partial charge in [-0.2, -0.15) is 0 Å². The molecule has 0 saturated carbocycles. The van der Waals surface area contributed by atoms with E-state index in [1.54, 1.807) is 43.5 Å². The molecule has 2 aromatic heterocycles. The van der Waals surface area contributed by atoms with E-state index in [9.17, 15) is 19.1 Å². The maximum absolute atomic E-state index is 13.4. The van der Waals surface area contributed by atoms with Crippen LogP contribution in [0.5, 0.6) is 0 Å². The summed E-state index contributed by atoms with van der Waals surface area (Å²) in [5.41, 5.74) is 2.57. The van der Waals surface area contributed by atoms with Crippen molar-refractivity contribution < 1.29 is 23.8 Å². The van der Waals surface area contributed by atoms with Crippen LogP contribution >= 0.6 is 0 Å². The summed E-state index contributed by atoms with van der Waals surface area (Å²) < 4.78 is 20.4. The Hall–Kier alpha value is -3.42. The Morgan fingerprint density at radius 2 is 1.90 bits per heavy atom. The number of aliphatic carboxylic acids is 1. The molecule has 0 spiro atoms. The standard InChI is InChI=1S/C22H24FN3O4/c1-13-6-5-11-26-17(12-16(20(27)28)24-21(29)30-22(2,3)4)18(25-19(13)26)14-7-9-15(23)10-8-14/h5-11,16H,12H2,1-4H3,(H,24,29)(H,27,28). The molecule has 158 valence electrons. The number of carbonyl (C=O) groups is 2. The number of fused-ring (bicyclic) bond motifs is 1. The maximum Gasteiger partial charge on any atom is 0.408 e. The third kappa shape index (κ3) is 4.76. The topological polar surface area (TPSA) is 92.9 Å². The van der Waals surface area contributed by atoms with Crippen molar-refractivity contribution in [3.8, 4) is 11.3 Å². The lowest BCUT2D eigenvalue weighted by Crippen LogP contribution is -2.44. The van der Waals surface area contributed by atoms with Gasteiger partial charge in [-0.1, -0.05) is 6.07 Å². The number of hydrogen-bond acceptors (Lipinski definition) is 4. The molecule has 2 heterocycles. The summed E-state index contributed by atoms with van der Waals surface area (Å²) in [6, 6.07) is 8.32. The van der Waals surface area contributed by atoms with E-state index in [-0.39, 0.29) is 12.2 Å². The number of benzene rings is 1. The second kappa shape index (κ2) is 8.14. The Morgan fingerprint density at radius 1 is 1.23 bits per heavy atom. The van der Waals surface area contributed by atoms with Crippen molar-refractivity contribution >= 4 is 17.7 Å². The summed E-state index contributed by atoms with van der Waals surface area (Å²) in [5, 5.41) is 12.1. The monoisotopic (exact) mass is 413 g/mol. The minimum absolute atomic E-state index is 0.0358. The maximum atomic E-state index is 13.4.